The fraction of sp³-hybridized carbons (Fsp3) is 0. The summed E-state index contributed by atoms with van der Waals surface area (Å²) in [6.45, 7) is 0. The smallest absolute Gasteiger partial charge is 0.744 e. The minimum atomic E-state index is -4.81. The molecule has 0 fully saturated rings. The Labute approximate surface area is 207 Å². The van der Waals surface area contributed by atoms with Gasteiger partial charge in [-0.25, -0.2) is 16.8 Å². The zero-order chi connectivity index (χ0) is 14.4. The van der Waals surface area contributed by atoms with Crippen molar-refractivity contribution in [1.82, 2.24) is 0 Å². The Hall–Kier alpha value is 1.59. The number of fused-ring (bicyclic) bond motifs is 1. The number of nitrogen functional groups attached to an aromatic ring is 1. The van der Waals surface area contributed by atoms with Crippen molar-refractivity contribution in [3.63, 3.8) is 0 Å². The molecule has 0 amide bonds. The predicted molar refractivity (Wildman–Crippen MR) is 64.3 cm³/mol. The molecule has 0 aliphatic heterocycles. The fourth-order valence-electron chi connectivity index (χ4n) is 1.75. The van der Waals surface area contributed by atoms with Gasteiger partial charge < -0.3 is 14.8 Å². The Morgan fingerprint density at radius 2 is 1.19 bits per heavy atom. The summed E-state index contributed by atoms with van der Waals surface area (Å²) >= 11 is 0. The molecule has 21 heavy (non-hydrogen) atoms. The van der Waals surface area contributed by atoms with Crippen LogP contribution in [0.15, 0.2) is 40.1 Å². The summed E-state index contributed by atoms with van der Waals surface area (Å²) in [6.07, 6.45) is 0. The summed E-state index contributed by atoms with van der Waals surface area (Å²) in [5.41, 5.74) is 5.61. The topological polar surface area (TPSA) is 140 Å². The largest absolute Gasteiger partial charge is 1.00 e. The van der Waals surface area contributed by atoms with E-state index < -0.39 is 30.0 Å². The average molecular weight is 379 g/mol. The number of hydrogen-bond acceptors (Lipinski definition) is 7. The van der Waals surface area contributed by atoms with Crippen molar-refractivity contribution in [2.24, 2.45) is 0 Å². The van der Waals surface area contributed by atoms with Gasteiger partial charge in [0.2, 0.25) is 0 Å². The number of nitrogens with two attached hydrogens (primary N) is 1. The van der Waals surface area contributed by atoms with Crippen molar-refractivity contribution in [2.45, 2.75) is 9.79 Å². The van der Waals surface area contributed by atoms with Crippen LogP contribution in [0.5, 0.6) is 0 Å². The average Bonchev–Trinajstić information content (AvgIpc) is 2.24. The van der Waals surface area contributed by atoms with E-state index in [4.69, 9.17) is 5.73 Å². The van der Waals surface area contributed by atoms with Crippen LogP contribution >= 0.6 is 0 Å². The van der Waals surface area contributed by atoms with Crippen molar-refractivity contribution < 1.29 is 129 Å². The molecule has 0 aliphatic carbocycles. The molecule has 0 aromatic heterocycles. The van der Waals surface area contributed by atoms with Crippen LogP contribution in [0.4, 0.5) is 5.69 Å². The molecule has 2 aromatic rings. The Balaban J connectivity index is 0.00000200. The first-order valence-corrected chi connectivity index (χ1v) is 7.66. The van der Waals surface area contributed by atoms with Crippen LogP contribution in [0, 0.1) is 0 Å². The van der Waals surface area contributed by atoms with Crippen LogP contribution in [0.2, 0.25) is 0 Å². The molecule has 0 aliphatic rings. The minimum Gasteiger partial charge on any atom is -0.744 e. The Bertz CT molecular complexity index is 880. The third-order valence-electron chi connectivity index (χ3n) is 2.50. The van der Waals surface area contributed by atoms with Crippen molar-refractivity contribution in [1.29, 1.82) is 0 Å². The number of anilines is 1. The maximum atomic E-state index is 11.1. The maximum absolute atomic E-state index is 11.1. The summed E-state index contributed by atoms with van der Waals surface area (Å²) in [4.78, 5) is -1.22. The molecular formula is C10H7K2NO6S2. The molecule has 0 spiro atoms. The van der Waals surface area contributed by atoms with E-state index >= 15 is 0 Å². The van der Waals surface area contributed by atoms with Gasteiger partial charge in [0.05, 0.1) is 9.79 Å². The van der Waals surface area contributed by atoms with E-state index in [9.17, 15) is 25.9 Å². The number of hydrogen-bond donors (Lipinski definition) is 1. The molecule has 2 aromatic carbocycles. The van der Waals surface area contributed by atoms with E-state index in [1.165, 1.54) is 12.1 Å². The van der Waals surface area contributed by atoms with E-state index in [0.29, 0.717) is 0 Å². The molecule has 0 unspecified atom stereocenters. The Morgan fingerprint density at radius 1 is 0.762 bits per heavy atom. The predicted octanol–water partition coefficient (Wildman–Crippen LogP) is -5.76. The third-order valence-corrected chi connectivity index (χ3v) is 4.29. The molecule has 0 saturated heterocycles. The van der Waals surface area contributed by atoms with Crippen LogP contribution in [0.1, 0.15) is 0 Å². The van der Waals surface area contributed by atoms with Crippen molar-refractivity contribution in [2.75, 3.05) is 5.73 Å². The monoisotopic (exact) mass is 379 g/mol. The second-order valence-electron chi connectivity index (χ2n) is 3.78. The maximum Gasteiger partial charge on any atom is 1.00 e. The standard InChI is InChI=1S/C10H9NO6S2.2K/c11-6-1-2-7-8(5-6)10(19(15,16)17)4-3-9(7)18(12,13)14;;/h1-5H,11H2,(H,12,13,14)(H,15,16,17);;/q;2*+1/p-2. The molecule has 2 rings (SSSR count). The van der Waals surface area contributed by atoms with Crippen molar-refractivity contribution in [3.8, 4) is 0 Å². The molecule has 0 radical (unpaired) electrons. The number of benzene rings is 2. The molecule has 0 saturated carbocycles. The van der Waals surface area contributed by atoms with Crippen molar-refractivity contribution >= 4 is 36.7 Å². The summed E-state index contributed by atoms with van der Waals surface area (Å²) in [5, 5.41) is -0.340. The van der Waals surface area contributed by atoms with Crippen LogP contribution in [0.3, 0.4) is 0 Å². The van der Waals surface area contributed by atoms with Gasteiger partial charge in [-0.2, -0.15) is 0 Å². The fourth-order valence-corrected chi connectivity index (χ4v) is 3.10. The van der Waals surface area contributed by atoms with Gasteiger partial charge in [0, 0.05) is 16.5 Å². The van der Waals surface area contributed by atoms with Gasteiger partial charge in [-0.3, -0.25) is 0 Å². The summed E-state index contributed by atoms with van der Waals surface area (Å²) < 4.78 is 66.5. The normalized spacial score (nSPS) is 11.5. The first-order chi connectivity index (χ1) is 8.60. The second-order valence-corrected chi connectivity index (χ2v) is 6.47. The van der Waals surface area contributed by atoms with Gasteiger partial charge in [-0.15, -0.1) is 0 Å². The summed E-state index contributed by atoms with van der Waals surface area (Å²) in [5.74, 6) is 0. The van der Waals surface area contributed by atoms with Gasteiger partial charge in [0.25, 0.3) is 0 Å². The molecule has 11 heteroatoms. The Kier molecular flexibility index (Phi) is 8.73. The minimum absolute atomic E-state index is 0. The van der Waals surface area contributed by atoms with Crippen LogP contribution in [-0.2, 0) is 20.2 Å². The third kappa shape index (κ3) is 5.29. The van der Waals surface area contributed by atoms with Gasteiger partial charge in [0.15, 0.2) is 0 Å². The Morgan fingerprint density at radius 3 is 1.62 bits per heavy atom. The quantitative estimate of drug-likeness (QED) is 0.311. The van der Waals surface area contributed by atoms with E-state index in [0.717, 1.165) is 18.2 Å². The number of rotatable bonds is 2. The second kappa shape index (κ2) is 8.11. The van der Waals surface area contributed by atoms with Crippen LogP contribution in [-0.4, -0.2) is 25.9 Å². The zero-order valence-electron chi connectivity index (χ0n) is 11.2. The summed E-state index contributed by atoms with van der Waals surface area (Å²) in [6, 6.07) is 5.21. The molecule has 102 valence electrons. The van der Waals surface area contributed by atoms with Crippen molar-refractivity contribution in [3.05, 3.63) is 30.3 Å². The van der Waals surface area contributed by atoms with E-state index in [-0.39, 0.29) is 119 Å². The van der Waals surface area contributed by atoms with Crippen LogP contribution in [0.25, 0.3) is 10.8 Å². The van der Waals surface area contributed by atoms with Crippen LogP contribution < -0.4 is 109 Å². The molecule has 7 nitrogen and oxygen atoms in total. The van der Waals surface area contributed by atoms with E-state index in [2.05, 4.69) is 0 Å². The molecule has 0 heterocycles. The van der Waals surface area contributed by atoms with E-state index in [1.807, 2.05) is 0 Å². The molecule has 0 bridgehead atoms. The van der Waals surface area contributed by atoms with Gasteiger partial charge in [-0.1, -0.05) is 6.07 Å². The van der Waals surface area contributed by atoms with Gasteiger partial charge in [-0.05, 0) is 24.3 Å². The van der Waals surface area contributed by atoms with E-state index in [1.54, 1.807) is 0 Å². The first kappa shape index (κ1) is 22.6. The van der Waals surface area contributed by atoms with Gasteiger partial charge in [0.1, 0.15) is 20.2 Å². The zero-order valence-corrected chi connectivity index (χ0v) is 19.1. The molecular weight excluding hydrogens is 372 g/mol. The SMILES string of the molecule is Nc1ccc2c(S(=O)(=O)[O-])ccc(S(=O)(=O)[O-])c2c1.[K+].[K+]. The van der Waals surface area contributed by atoms with Gasteiger partial charge >= 0.3 is 103 Å². The first-order valence-electron chi connectivity index (χ1n) is 4.85. The summed E-state index contributed by atoms with van der Waals surface area (Å²) in [7, 11) is -9.60. The molecule has 0 atom stereocenters. The molecule has 2 N–H and O–H groups in total.